The molecule has 0 radical (unpaired) electrons. The second-order valence-electron chi connectivity index (χ2n) is 4.17. The Kier molecular flexibility index (Phi) is 3.39. The SMILES string of the molecule is Cc1ccc(Br)cc1C1(CCCl)COC1. The van der Waals surface area contributed by atoms with E-state index in [1.807, 2.05) is 0 Å². The van der Waals surface area contributed by atoms with Gasteiger partial charge in [0.2, 0.25) is 0 Å². The molecule has 0 N–H and O–H groups in total. The van der Waals surface area contributed by atoms with Gasteiger partial charge in [-0.1, -0.05) is 22.0 Å². The lowest BCUT2D eigenvalue weighted by Gasteiger charge is -2.42. The van der Waals surface area contributed by atoms with Crippen LogP contribution in [0, 0.1) is 6.92 Å². The second kappa shape index (κ2) is 4.44. The molecule has 0 bridgehead atoms. The van der Waals surface area contributed by atoms with Crippen molar-refractivity contribution < 1.29 is 4.74 Å². The number of benzene rings is 1. The molecule has 0 unspecified atom stereocenters. The third kappa shape index (κ3) is 2.08. The predicted octanol–water partition coefficient (Wildman–Crippen LogP) is 3.65. The van der Waals surface area contributed by atoms with Gasteiger partial charge in [0.1, 0.15) is 0 Å². The van der Waals surface area contributed by atoms with Crippen molar-refractivity contribution in [3.8, 4) is 0 Å². The van der Waals surface area contributed by atoms with Crippen LogP contribution in [0.25, 0.3) is 0 Å². The van der Waals surface area contributed by atoms with Gasteiger partial charge in [-0.3, -0.25) is 0 Å². The van der Waals surface area contributed by atoms with Gasteiger partial charge in [0.25, 0.3) is 0 Å². The molecule has 3 heteroatoms. The molecule has 1 aromatic rings. The fourth-order valence-electron chi connectivity index (χ4n) is 2.13. The van der Waals surface area contributed by atoms with E-state index in [2.05, 4.69) is 41.1 Å². The Morgan fingerprint density at radius 2 is 2.20 bits per heavy atom. The molecule has 1 saturated heterocycles. The van der Waals surface area contributed by atoms with Crippen LogP contribution < -0.4 is 0 Å². The zero-order valence-corrected chi connectivity index (χ0v) is 11.1. The first-order valence-corrected chi connectivity index (χ1v) is 6.41. The average Bonchev–Trinajstić information content (AvgIpc) is 2.16. The summed E-state index contributed by atoms with van der Waals surface area (Å²) in [5.74, 6) is 0.690. The zero-order valence-electron chi connectivity index (χ0n) is 8.72. The first-order chi connectivity index (χ1) is 7.18. The Morgan fingerprint density at radius 3 is 2.73 bits per heavy atom. The van der Waals surface area contributed by atoms with Crippen LogP contribution >= 0.6 is 27.5 Å². The first kappa shape index (κ1) is 11.4. The maximum absolute atomic E-state index is 5.87. The van der Waals surface area contributed by atoms with Crippen LogP contribution in [0.2, 0.25) is 0 Å². The summed E-state index contributed by atoms with van der Waals surface area (Å²) in [6.07, 6.45) is 0.992. The van der Waals surface area contributed by atoms with E-state index < -0.39 is 0 Å². The number of ether oxygens (including phenoxy) is 1. The van der Waals surface area contributed by atoms with Crippen LogP contribution in [0.5, 0.6) is 0 Å². The molecule has 0 atom stereocenters. The van der Waals surface area contributed by atoms with Crippen LogP contribution in [-0.2, 0) is 10.2 Å². The predicted molar refractivity (Wildman–Crippen MR) is 66.7 cm³/mol. The third-order valence-electron chi connectivity index (χ3n) is 3.10. The topological polar surface area (TPSA) is 9.23 Å². The summed E-state index contributed by atoms with van der Waals surface area (Å²) in [5.41, 5.74) is 2.87. The molecule has 0 aliphatic carbocycles. The van der Waals surface area contributed by atoms with Crippen molar-refractivity contribution in [3.05, 3.63) is 33.8 Å². The summed E-state index contributed by atoms with van der Waals surface area (Å²) in [6.45, 7) is 3.75. The van der Waals surface area contributed by atoms with Crippen LogP contribution in [0.4, 0.5) is 0 Å². The molecular weight excluding hydrogens is 275 g/mol. The highest BCUT2D eigenvalue weighted by atomic mass is 79.9. The molecule has 15 heavy (non-hydrogen) atoms. The van der Waals surface area contributed by atoms with E-state index >= 15 is 0 Å². The van der Waals surface area contributed by atoms with E-state index in [0.29, 0.717) is 5.88 Å². The number of halogens is 2. The Morgan fingerprint density at radius 1 is 1.47 bits per heavy atom. The molecule has 2 rings (SSSR count). The van der Waals surface area contributed by atoms with E-state index in [4.69, 9.17) is 16.3 Å². The monoisotopic (exact) mass is 288 g/mol. The minimum Gasteiger partial charge on any atom is -0.379 e. The van der Waals surface area contributed by atoms with Gasteiger partial charge < -0.3 is 4.74 Å². The second-order valence-corrected chi connectivity index (χ2v) is 5.46. The highest BCUT2D eigenvalue weighted by molar-refractivity contribution is 9.10. The quantitative estimate of drug-likeness (QED) is 0.772. The standard InChI is InChI=1S/C12H14BrClO/c1-9-2-3-10(13)6-11(9)12(4-5-14)7-15-8-12/h2-3,6H,4-5,7-8H2,1H3. The van der Waals surface area contributed by atoms with Gasteiger partial charge in [-0.25, -0.2) is 0 Å². The summed E-state index contributed by atoms with van der Waals surface area (Å²) >= 11 is 9.39. The van der Waals surface area contributed by atoms with Crippen LogP contribution in [-0.4, -0.2) is 19.1 Å². The minimum absolute atomic E-state index is 0.162. The summed E-state index contributed by atoms with van der Waals surface area (Å²) in [6, 6.07) is 6.42. The molecule has 1 heterocycles. The largest absolute Gasteiger partial charge is 0.379 e. The van der Waals surface area contributed by atoms with E-state index in [0.717, 1.165) is 24.1 Å². The number of hydrogen-bond donors (Lipinski definition) is 0. The summed E-state index contributed by atoms with van der Waals surface area (Å²) < 4.78 is 6.49. The van der Waals surface area contributed by atoms with Crippen molar-refractivity contribution in [3.63, 3.8) is 0 Å². The lowest BCUT2D eigenvalue weighted by molar-refractivity contribution is -0.0618. The fraction of sp³-hybridized carbons (Fsp3) is 0.500. The molecule has 0 aromatic heterocycles. The molecule has 0 amide bonds. The van der Waals surface area contributed by atoms with Crippen molar-refractivity contribution in [2.24, 2.45) is 0 Å². The molecule has 1 aliphatic rings. The molecule has 82 valence electrons. The maximum Gasteiger partial charge on any atom is 0.0586 e. The lowest BCUT2D eigenvalue weighted by Crippen LogP contribution is -2.47. The van der Waals surface area contributed by atoms with Gasteiger partial charge in [0.05, 0.1) is 13.2 Å². The lowest BCUT2D eigenvalue weighted by atomic mass is 9.74. The van der Waals surface area contributed by atoms with Crippen LogP contribution in [0.3, 0.4) is 0 Å². The third-order valence-corrected chi connectivity index (χ3v) is 3.78. The van der Waals surface area contributed by atoms with Crippen molar-refractivity contribution in [1.82, 2.24) is 0 Å². The van der Waals surface area contributed by atoms with E-state index in [-0.39, 0.29) is 5.41 Å². The molecule has 1 fully saturated rings. The van der Waals surface area contributed by atoms with Crippen molar-refractivity contribution in [2.45, 2.75) is 18.8 Å². The minimum atomic E-state index is 0.162. The zero-order chi connectivity index (χ0) is 10.9. The number of aryl methyl sites for hydroxylation is 1. The smallest absolute Gasteiger partial charge is 0.0586 e. The summed E-state index contributed by atoms with van der Waals surface area (Å²) in [5, 5.41) is 0. The summed E-state index contributed by atoms with van der Waals surface area (Å²) in [7, 11) is 0. The van der Waals surface area contributed by atoms with Crippen LogP contribution in [0.15, 0.2) is 22.7 Å². The Bertz CT molecular complexity index is 361. The van der Waals surface area contributed by atoms with Crippen molar-refractivity contribution >= 4 is 27.5 Å². The normalized spacial score (nSPS) is 18.6. The highest BCUT2D eigenvalue weighted by Crippen LogP contribution is 2.38. The van der Waals surface area contributed by atoms with Crippen LogP contribution in [0.1, 0.15) is 17.5 Å². The van der Waals surface area contributed by atoms with Crippen molar-refractivity contribution in [2.75, 3.05) is 19.1 Å². The number of alkyl halides is 1. The first-order valence-electron chi connectivity index (χ1n) is 5.08. The van der Waals surface area contributed by atoms with Gasteiger partial charge in [-0.15, -0.1) is 11.6 Å². The molecule has 1 aromatic carbocycles. The highest BCUT2D eigenvalue weighted by Gasteiger charge is 2.40. The van der Waals surface area contributed by atoms with Gasteiger partial charge in [-0.2, -0.15) is 0 Å². The Labute approximate surface area is 104 Å². The Balaban J connectivity index is 2.37. The molecule has 0 spiro atoms. The van der Waals surface area contributed by atoms with E-state index in [1.54, 1.807) is 0 Å². The van der Waals surface area contributed by atoms with Gasteiger partial charge in [0, 0.05) is 15.8 Å². The molecular formula is C12H14BrClO. The maximum atomic E-state index is 5.87. The van der Waals surface area contributed by atoms with Crippen molar-refractivity contribution in [1.29, 1.82) is 0 Å². The molecule has 1 nitrogen and oxygen atoms in total. The molecule has 1 aliphatic heterocycles. The molecule has 0 saturated carbocycles. The van der Waals surface area contributed by atoms with Gasteiger partial charge >= 0.3 is 0 Å². The van der Waals surface area contributed by atoms with E-state index in [1.165, 1.54) is 11.1 Å². The number of rotatable bonds is 3. The summed E-state index contributed by atoms with van der Waals surface area (Å²) in [4.78, 5) is 0. The van der Waals surface area contributed by atoms with Gasteiger partial charge in [-0.05, 0) is 36.6 Å². The average molecular weight is 290 g/mol. The Hall–Kier alpha value is -0.0500. The fourth-order valence-corrected chi connectivity index (χ4v) is 2.85. The van der Waals surface area contributed by atoms with Gasteiger partial charge in [0.15, 0.2) is 0 Å². The number of hydrogen-bond acceptors (Lipinski definition) is 1. The van der Waals surface area contributed by atoms with E-state index in [9.17, 15) is 0 Å².